The summed E-state index contributed by atoms with van der Waals surface area (Å²) in [5.74, 6) is -0.209. The van der Waals surface area contributed by atoms with Gasteiger partial charge in [0.15, 0.2) is 5.82 Å². The first-order chi connectivity index (χ1) is 9.11. The van der Waals surface area contributed by atoms with Crippen LogP contribution in [0.15, 0.2) is 47.5 Å². The van der Waals surface area contributed by atoms with Gasteiger partial charge in [-0.15, -0.1) is 0 Å². The van der Waals surface area contributed by atoms with Gasteiger partial charge in [-0.3, -0.25) is 0 Å². The van der Waals surface area contributed by atoms with Gasteiger partial charge in [-0.1, -0.05) is 53.5 Å². The van der Waals surface area contributed by atoms with Gasteiger partial charge in [-0.2, -0.15) is 0 Å². The molecule has 0 unspecified atom stereocenters. The lowest BCUT2D eigenvalue weighted by Crippen LogP contribution is -1.91. The standard InChI is InChI=1S/C14H10Cl2FNO/c1-19-13-8-12(11(17)7-10(13)15)18-14(16)9-5-3-2-4-6-9/h2-8H,1H3. The number of hydrogen-bond donors (Lipinski definition) is 0. The minimum absolute atomic E-state index is 0.0788. The van der Waals surface area contributed by atoms with Crippen molar-refractivity contribution in [2.45, 2.75) is 0 Å². The highest BCUT2D eigenvalue weighted by Gasteiger charge is 2.09. The van der Waals surface area contributed by atoms with Crippen LogP contribution in [0.25, 0.3) is 0 Å². The molecule has 0 atom stereocenters. The molecule has 2 rings (SSSR count). The van der Waals surface area contributed by atoms with Gasteiger partial charge in [0, 0.05) is 11.6 Å². The molecule has 0 N–H and O–H groups in total. The van der Waals surface area contributed by atoms with Crippen molar-refractivity contribution in [3.63, 3.8) is 0 Å². The van der Waals surface area contributed by atoms with Crippen LogP contribution in [0.2, 0.25) is 5.02 Å². The Balaban J connectivity index is 2.43. The highest BCUT2D eigenvalue weighted by molar-refractivity contribution is 6.69. The molecule has 0 aliphatic carbocycles. The highest BCUT2D eigenvalue weighted by Crippen LogP contribution is 2.32. The molecule has 5 heteroatoms. The lowest BCUT2D eigenvalue weighted by atomic mass is 10.2. The molecule has 2 aromatic rings. The van der Waals surface area contributed by atoms with E-state index in [1.54, 1.807) is 12.1 Å². The average molecular weight is 298 g/mol. The zero-order valence-corrected chi connectivity index (χ0v) is 11.5. The zero-order chi connectivity index (χ0) is 13.8. The molecular formula is C14H10Cl2FNO. The van der Waals surface area contributed by atoms with Crippen molar-refractivity contribution in [2.75, 3.05) is 7.11 Å². The number of rotatable bonds is 3. The van der Waals surface area contributed by atoms with E-state index < -0.39 is 5.82 Å². The van der Waals surface area contributed by atoms with Crippen molar-refractivity contribution in [1.82, 2.24) is 0 Å². The third kappa shape index (κ3) is 3.25. The van der Waals surface area contributed by atoms with Crippen LogP contribution in [-0.2, 0) is 0 Å². The van der Waals surface area contributed by atoms with Gasteiger partial charge in [0.1, 0.15) is 16.6 Å². The van der Waals surface area contributed by atoms with Crippen LogP contribution in [0.3, 0.4) is 0 Å². The Morgan fingerprint density at radius 2 is 1.89 bits per heavy atom. The maximum Gasteiger partial charge on any atom is 0.150 e. The molecule has 0 saturated heterocycles. The molecule has 2 nitrogen and oxygen atoms in total. The van der Waals surface area contributed by atoms with E-state index in [0.717, 1.165) is 6.07 Å². The second-order valence-corrected chi connectivity index (χ2v) is 4.47. The topological polar surface area (TPSA) is 21.6 Å². The molecule has 19 heavy (non-hydrogen) atoms. The molecule has 0 radical (unpaired) electrons. The number of aliphatic imine (C=N–C) groups is 1. The minimum Gasteiger partial charge on any atom is -0.495 e. The molecule has 0 heterocycles. The van der Waals surface area contributed by atoms with E-state index in [4.69, 9.17) is 27.9 Å². The van der Waals surface area contributed by atoms with Gasteiger partial charge in [0.2, 0.25) is 0 Å². The third-order valence-corrected chi connectivity index (χ3v) is 3.05. The fraction of sp³-hybridized carbons (Fsp3) is 0.0714. The van der Waals surface area contributed by atoms with E-state index in [1.165, 1.54) is 13.2 Å². The maximum absolute atomic E-state index is 13.7. The average Bonchev–Trinajstić information content (AvgIpc) is 2.42. The number of ether oxygens (including phenoxy) is 1. The first kappa shape index (κ1) is 13.8. The van der Waals surface area contributed by atoms with E-state index in [1.807, 2.05) is 18.2 Å². The summed E-state index contributed by atoms with van der Waals surface area (Å²) in [4.78, 5) is 4.05. The van der Waals surface area contributed by atoms with Gasteiger partial charge in [0.05, 0.1) is 12.1 Å². The first-order valence-corrected chi connectivity index (χ1v) is 6.20. The second-order valence-electron chi connectivity index (χ2n) is 3.71. The quantitative estimate of drug-likeness (QED) is 0.745. The van der Waals surface area contributed by atoms with Gasteiger partial charge in [0.25, 0.3) is 0 Å². The van der Waals surface area contributed by atoms with Gasteiger partial charge < -0.3 is 4.74 Å². The number of benzene rings is 2. The van der Waals surface area contributed by atoms with Crippen molar-refractivity contribution in [3.05, 3.63) is 58.9 Å². The monoisotopic (exact) mass is 297 g/mol. The van der Waals surface area contributed by atoms with Crippen molar-refractivity contribution in [2.24, 2.45) is 4.99 Å². The Hall–Kier alpha value is -1.58. The van der Waals surface area contributed by atoms with Crippen LogP contribution >= 0.6 is 23.2 Å². The van der Waals surface area contributed by atoms with E-state index in [-0.39, 0.29) is 15.9 Å². The Kier molecular flexibility index (Phi) is 4.40. The first-order valence-electron chi connectivity index (χ1n) is 5.44. The summed E-state index contributed by atoms with van der Waals surface area (Å²) in [6.45, 7) is 0. The molecule has 0 aliphatic heterocycles. The smallest absolute Gasteiger partial charge is 0.150 e. The van der Waals surface area contributed by atoms with Crippen LogP contribution in [0.1, 0.15) is 5.56 Å². The van der Waals surface area contributed by atoms with E-state index in [2.05, 4.69) is 4.99 Å². The lowest BCUT2D eigenvalue weighted by molar-refractivity contribution is 0.414. The number of halogens is 3. The zero-order valence-electron chi connectivity index (χ0n) is 10.0. The van der Waals surface area contributed by atoms with Gasteiger partial charge in [-0.05, 0) is 6.07 Å². The van der Waals surface area contributed by atoms with E-state index in [0.29, 0.717) is 11.3 Å². The Bertz CT molecular complexity index is 614. The summed E-state index contributed by atoms with van der Waals surface area (Å²) in [6.07, 6.45) is 0. The van der Waals surface area contributed by atoms with E-state index >= 15 is 0 Å². The number of nitrogens with zero attached hydrogens (tertiary/aromatic N) is 1. The fourth-order valence-electron chi connectivity index (χ4n) is 1.51. The molecule has 0 bridgehead atoms. The molecule has 0 fully saturated rings. The van der Waals surface area contributed by atoms with Crippen molar-refractivity contribution in [1.29, 1.82) is 0 Å². The molecule has 0 spiro atoms. The molecule has 0 aliphatic rings. The van der Waals surface area contributed by atoms with Gasteiger partial charge in [-0.25, -0.2) is 9.38 Å². The molecule has 0 saturated carbocycles. The lowest BCUT2D eigenvalue weighted by Gasteiger charge is -2.05. The van der Waals surface area contributed by atoms with Crippen LogP contribution in [0.4, 0.5) is 10.1 Å². The third-order valence-electron chi connectivity index (χ3n) is 2.45. The van der Waals surface area contributed by atoms with Crippen molar-refractivity contribution in [3.8, 4) is 5.75 Å². The number of methoxy groups -OCH3 is 1. The summed E-state index contributed by atoms with van der Waals surface area (Å²) in [6, 6.07) is 11.6. The van der Waals surface area contributed by atoms with E-state index in [9.17, 15) is 4.39 Å². The van der Waals surface area contributed by atoms with Crippen LogP contribution in [0, 0.1) is 5.82 Å². The summed E-state index contributed by atoms with van der Waals surface area (Å²) in [5.41, 5.74) is 0.785. The largest absolute Gasteiger partial charge is 0.495 e. The normalized spacial score (nSPS) is 11.5. The summed E-state index contributed by atoms with van der Waals surface area (Å²) < 4.78 is 18.8. The molecule has 0 amide bonds. The SMILES string of the molecule is COc1cc(N=C(Cl)c2ccccc2)c(F)cc1Cl. The van der Waals surface area contributed by atoms with Crippen LogP contribution in [0.5, 0.6) is 5.75 Å². The highest BCUT2D eigenvalue weighted by atomic mass is 35.5. The predicted molar refractivity (Wildman–Crippen MR) is 76.5 cm³/mol. The predicted octanol–water partition coefficient (Wildman–Crippen LogP) is 4.80. The molecule has 2 aromatic carbocycles. The Morgan fingerprint density at radius 1 is 1.21 bits per heavy atom. The van der Waals surface area contributed by atoms with Crippen LogP contribution in [-0.4, -0.2) is 12.3 Å². The Labute approximate surface area is 120 Å². The summed E-state index contributed by atoms with van der Waals surface area (Å²) >= 11 is 11.9. The molecular weight excluding hydrogens is 288 g/mol. The second kappa shape index (κ2) is 6.04. The fourth-order valence-corrected chi connectivity index (χ4v) is 1.95. The van der Waals surface area contributed by atoms with Crippen molar-refractivity contribution < 1.29 is 9.13 Å². The maximum atomic E-state index is 13.7. The summed E-state index contributed by atoms with van der Waals surface area (Å²) in [5, 5.41) is 0.388. The van der Waals surface area contributed by atoms with Crippen LogP contribution < -0.4 is 4.74 Å². The van der Waals surface area contributed by atoms with Gasteiger partial charge >= 0.3 is 0 Å². The Morgan fingerprint density at radius 3 is 2.53 bits per heavy atom. The molecule has 0 aromatic heterocycles. The molecule has 98 valence electrons. The summed E-state index contributed by atoms with van der Waals surface area (Å²) in [7, 11) is 1.45. The van der Waals surface area contributed by atoms with Crippen molar-refractivity contribution >= 4 is 34.1 Å². The number of hydrogen-bond acceptors (Lipinski definition) is 2. The minimum atomic E-state index is -0.556.